The van der Waals surface area contributed by atoms with Crippen molar-refractivity contribution in [1.82, 2.24) is 4.90 Å². The van der Waals surface area contributed by atoms with Crippen molar-refractivity contribution >= 4 is 11.9 Å². The summed E-state index contributed by atoms with van der Waals surface area (Å²) in [6.45, 7) is 5.43. The number of hydrogen-bond donors (Lipinski definition) is 2. The van der Waals surface area contributed by atoms with E-state index < -0.39 is 11.4 Å². The molecule has 0 aromatic rings. The van der Waals surface area contributed by atoms with E-state index in [0.29, 0.717) is 38.9 Å². The molecular weight excluding hydrogens is 244 g/mol. The van der Waals surface area contributed by atoms with Gasteiger partial charge in [-0.05, 0) is 25.3 Å². The van der Waals surface area contributed by atoms with Crippen LogP contribution in [0, 0.1) is 11.3 Å². The Balaban J connectivity index is 2.63. The Morgan fingerprint density at radius 1 is 1.42 bits per heavy atom. The Kier molecular flexibility index (Phi) is 5.79. The number of rotatable bonds is 7. The minimum Gasteiger partial charge on any atom is -0.481 e. The van der Waals surface area contributed by atoms with Crippen LogP contribution >= 0.6 is 0 Å². The van der Waals surface area contributed by atoms with Gasteiger partial charge in [-0.3, -0.25) is 9.59 Å². The fourth-order valence-corrected chi connectivity index (χ4v) is 2.82. The summed E-state index contributed by atoms with van der Waals surface area (Å²) in [5, 5.41) is 9.41. The molecule has 2 atom stereocenters. The van der Waals surface area contributed by atoms with Crippen LogP contribution in [0.2, 0.25) is 0 Å². The van der Waals surface area contributed by atoms with Gasteiger partial charge in [0, 0.05) is 19.5 Å². The quantitative estimate of drug-likeness (QED) is 0.733. The molecule has 19 heavy (non-hydrogen) atoms. The van der Waals surface area contributed by atoms with Crippen molar-refractivity contribution in [3.05, 3.63) is 0 Å². The van der Waals surface area contributed by atoms with Gasteiger partial charge in [0.25, 0.3) is 0 Å². The maximum absolute atomic E-state index is 12.2. The molecule has 0 aliphatic carbocycles. The van der Waals surface area contributed by atoms with Crippen LogP contribution in [0.15, 0.2) is 0 Å². The largest absolute Gasteiger partial charge is 0.481 e. The third-order valence-corrected chi connectivity index (χ3v) is 4.26. The summed E-state index contributed by atoms with van der Waals surface area (Å²) in [5.74, 6) is -0.509. The number of nitrogens with zero attached hydrogens (tertiary/aromatic N) is 1. The smallest absolute Gasteiger partial charge is 0.311 e. The van der Waals surface area contributed by atoms with Crippen molar-refractivity contribution in [1.29, 1.82) is 0 Å². The topological polar surface area (TPSA) is 83.6 Å². The van der Waals surface area contributed by atoms with Crippen molar-refractivity contribution in [2.45, 2.75) is 46.0 Å². The molecule has 0 saturated carbocycles. The second kappa shape index (κ2) is 6.89. The summed E-state index contributed by atoms with van der Waals surface area (Å²) in [7, 11) is 0. The van der Waals surface area contributed by atoms with Crippen LogP contribution in [0.3, 0.4) is 0 Å². The molecule has 5 nitrogen and oxygen atoms in total. The minimum atomic E-state index is -0.768. The Hall–Kier alpha value is -1.10. The molecule has 1 aliphatic rings. The number of carboxylic acids is 1. The molecule has 1 aliphatic heterocycles. The fraction of sp³-hybridized carbons (Fsp3) is 0.857. The lowest BCUT2D eigenvalue weighted by Gasteiger charge is -2.25. The molecule has 0 radical (unpaired) electrons. The third-order valence-electron chi connectivity index (χ3n) is 4.26. The molecule has 1 rings (SSSR count). The lowest BCUT2D eigenvalue weighted by atomic mass is 9.83. The first-order chi connectivity index (χ1) is 8.99. The summed E-state index contributed by atoms with van der Waals surface area (Å²) >= 11 is 0. The average molecular weight is 270 g/mol. The van der Waals surface area contributed by atoms with Crippen LogP contribution in [-0.2, 0) is 9.59 Å². The molecule has 110 valence electrons. The van der Waals surface area contributed by atoms with Gasteiger partial charge in [0.15, 0.2) is 0 Å². The number of nitrogens with two attached hydrogens (primary N) is 1. The van der Waals surface area contributed by atoms with Crippen LogP contribution in [0.4, 0.5) is 0 Å². The van der Waals surface area contributed by atoms with Crippen LogP contribution in [-0.4, -0.2) is 41.5 Å². The molecule has 0 aromatic heterocycles. The Morgan fingerprint density at radius 3 is 2.58 bits per heavy atom. The zero-order valence-corrected chi connectivity index (χ0v) is 12.0. The van der Waals surface area contributed by atoms with Crippen LogP contribution in [0.5, 0.6) is 0 Å². The van der Waals surface area contributed by atoms with Gasteiger partial charge >= 0.3 is 5.97 Å². The number of hydrogen-bond acceptors (Lipinski definition) is 3. The van der Waals surface area contributed by atoms with Crippen molar-refractivity contribution < 1.29 is 14.7 Å². The van der Waals surface area contributed by atoms with Crippen LogP contribution < -0.4 is 5.73 Å². The summed E-state index contributed by atoms with van der Waals surface area (Å²) in [6.07, 6.45) is 3.36. The maximum atomic E-state index is 12.2. The predicted molar refractivity (Wildman–Crippen MR) is 73.6 cm³/mol. The third kappa shape index (κ3) is 3.69. The van der Waals surface area contributed by atoms with Gasteiger partial charge in [-0.25, -0.2) is 0 Å². The summed E-state index contributed by atoms with van der Waals surface area (Å²) < 4.78 is 0. The van der Waals surface area contributed by atoms with E-state index in [0.717, 1.165) is 12.8 Å². The zero-order chi connectivity index (χ0) is 14.5. The monoisotopic (exact) mass is 270 g/mol. The first-order valence-corrected chi connectivity index (χ1v) is 7.20. The minimum absolute atomic E-state index is 0.0523. The van der Waals surface area contributed by atoms with E-state index in [9.17, 15) is 14.7 Å². The Morgan fingerprint density at radius 2 is 2.11 bits per heavy atom. The molecule has 0 spiro atoms. The first kappa shape index (κ1) is 16.0. The van der Waals surface area contributed by atoms with Crippen molar-refractivity contribution in [3.8, 4) is 0 Å². The number of carboxylic acid groups (broad SMARTS) is 1. The van der Waals surface area contributed by atoms with E-state index in [1.165, 1.54) is 0 Å². The molecule has 2 unspecified atom stereocenters. The van der Waals surface area contributed by atoms with Crippen molar-refractivity contribution in [2.24, 2.45) is 17.1 Å². The standard InChI is InChI=1S/C14H26N2O3/c1-3-5-14(13(18)19)6-7-16(10-14)12(17)8-11(4-2)9-15/h11H,3-10,15H2,1-2H3,(H,18,19). The van der Waals surface area contributed by atoms with Gasteiger partial charge < -0.3 is 15.7 Å². The Labute approximate surface area is 115 Å². The molecule has 1 amide bonds. The van der Waals surface area contributed by atoms with E-state index in [-0.39, 0.29) is 11.8 Å². The van der Waals surface area contributed by atoms with E-state index >= 15 is 0 Å². The van der Waals surface area contributed by atoms with Gasteiger partial charge in [0.2, 0.25) is 5.91 Å². The molecule has 3 N–H and O–H groups in total. The van der Waals surface area contributed by atoms with Gasteiger partial charge in [-0.15, -0.1) is 0 Å². The SMILES string of the molecule is CCCC1(C(=O)O)CCN(C(=O)CC(CC)CN)C1. The lowest BCUT2D eigenvalue weighted by Crippen LogP contribution is -2.37. The summed E-state index contributed by atoms with van der Waals surface area (Å²) in [4.78, 5) is 25.3. The second-order valence-corrected chi connectivity index (χ2v) is 5.61. The number of carbonyl (C=O) groups excluding carboxylic acids is 1. The van der Waals surface area contributed by atoms with E-state index in [4.69, 9.17) is 5.73 Å². The normalized spacial score (nSPS) is 24.5. The second-order valence-electron chi connectivity index (χ2n) is 5.61. The summed E-state index contributed by atoms with van der Waals surface area (Å²) in [6, 6.07) is 0. The fourth-order valence-electron chi connectivity index (χ4n) is 2.82. The molecule has 1 saturated heterocycles. The summed E-state index contributed by atoms with van der Waals surface area (Å²) in [5.41, 5.74) is 4.89. The van der Waals surface area contributed by atoms with E-state index in [1.54, 1.807) is 4.90 Å². The highest BCUT2D eigenvalue weighted by molar-refractivity contribution is 5.80. The predicted octanol–water partition coefficient (Wildman–Crippen LogP) is 1.46. The number of aliphatic carboxylic acids is 1. The molecule has 0 aromatic carbocycles. The lowest BCUT2D eigenvalue weighted by molar-refractivity contribution is -0.149. The highest BCUT2D eigenvalue weighted by Gasteiger charge is 2.45. The van der Waals surface area contributed by atoms with E-state index in [1.807, 2.05) is 13.8 Å². The molecule has 1 heterocycles. The van der Waals surface area contributed by atoms with E-state index in [2.05, 4.69) is 0 Å². The maximum Gasteiger partial charge on any atom is 0.311 e. The van der Waals surface area contributed by atoms with Crippen LogP contribution in [0.25, 0.3) is 0 Å². The molecule has 0 bridgehead atoms. The molecular formula is C14H26N2O3. The first-order valence-electron chi connectivity index (χ1n) is 7.20. The molecule has 1 fully saturated rings. The molecule has 5 heteroatoms. The van der Waals surface area contributed by atoms with Crippen molar-refractivity contribution in [3.63, 3.8) is 0 Å². The van der Waals surface area contributed by atoms with Gasteiger partial charge in [-0.1, -0.05) is 26.7 Å². The number of amides is 1. The Bertz CT molecular complexity index is 329. The zero-order valence-electron chi connectivity index (χ0n) is 12.0. The average Bonchev–Trinajstić information content (AvgIpc) is 2.82. The van der Waals surface area contributed by atoms with Gasteiger partial charge in [0.05, 0.1) is 5.41 Å². The highest BCUT2D eigenvalue weighted by atomic mass is 16.4. The van der Waals surface area contributed by atoms with Crippen molar-refractivity contribution in [2.75, 3.05) is 19.6 Å². The van der Waals surface area contributed by atoms with Gasteiger partial charge in [0.1, 0.15) is 0 Å². The highest BCUT2D eigenvalue weighted by Crippen LogP contribution is 2.36. The van der Waals surface area contributed by atoms with Gasteiger partial charge in [-0.2, -0.15) is 0 Å². The number of carbonyl (C=O) groups is 2. The van der Waals surface area contributed by atoms with Crippen LogP contribution in [0.1, 0.15) is 46.0 Å². The number of likely N-dealkylation sites (tertiary alicyclic amines) is 1.